The van der Waals surface area contributed by atoms with E-state index in [4.69, 9.17) is 4.74 Å². The van der Waals surface area contributed by atoms with Gasteiger partial charge in [-0.05, 0) is 24.1 Å². The molecule has 0 spiro atoms. The van der Waals surface area contributed by atoms with Gasteiger partial charge in [-0.2, -0.15) is 0 Å². The highest BCUT2D eigenvalue weighted by atomic mass is 32.2. The van der Waals surface area contributed by atoms with Gasteiger partial charge in [0.1, 0.15) is 10.7 Å². The molecule has 0 unspecified atom stereocenters. The lowest BCUT2D eigenvalue weighted by atomic mass is 10.3. The van der Waals surface area contributed by atoms with Gasteiger partial charge in [0.2, 0.25) is 5.88 Å². The first-order chi connectivity index (χ1) is 10.5. The first-order valence-corrected chi connectivity index (χ1v) is 8.86. The monoisotopic (exact) mass is 321 g/mol. The van der Waals surface area contributed by atoms with E-state index >= 15 is 0 Å². The lowest BCUT2D eigenvalue weighted by Gasteiger charge is -2.10. The van der Waals surface area contributed by atoms with Crippen molar-refractivity contribution in [3.05, 3.63) is 42.2 Å². The van der Waals surface area contributed by atoms with E-state index in [0.717, 1.165) is 18.2 Å². The molecule has 2 aromatic rings. The third kappa shape index (κ3) is 4.42. The highest BCUT2D eigenvalue weighted by Gasteiger charge is 2.13. The van der Waals surface area contributed by atoms with Gasteiger partial charge in [0.05, 0.1) is 6.61 Å². The predicted octanol–water partition coefficient (Wildman–Crippen LogP) is 2.28. The highest BCUT2D eigenvalue weighted by Crippen LogP contribution is 2.18. The number of ether oxygens (including phenoxy) is 1. The van der Waals surface area contributed by atoms with Crippen LogP contribution in [-0.2, 0) is 16.4 Å². The molecular formula is C15H19N3O3S. The number of hydrogen-bond acceptors (Lipinski definition) is 6. The van der Waals surface area contributed by atoms with E-state index in [-0.39, 0.29) is 4.90 Å². The van der Waals surface area contributed by atoms with Gasteiger partial charge < -0.3 is 10.1 Å². The Morgan fingerprint density at radius 1 is 1.23 bits per heavy atom. The minimum absolute atomic E-state index is 0.186. The van der Waals surface area contributed by atoms with Gasteiger partial charge in [-0.3, -0.25) is 0 Å². The normalized spacial score (nSPS) is 11.2. The molecular weight excluding hydrogens is 302 g/mol. The number of hydrogen-bond donors (Lipinski definition) is 1. The highest BCUT2D eigenvalue weighted by molar-refractivity contribution is 7.90. The van der Waals surface area contributed by atoms with Crippen molar-refractivity contribution >= 4 is 15.7 Å². The van der Waals surface area contributed by atoms with Crippen LogP contribution >= 0.6 is 0 Å². The van der Waals surface area contributed by atoms with E-state index in [9.17, 15) is 8.42 Å². The molecule has 0 saturated heterocycles. The summed E-state index contributed by atoms with van der Waals surface area (Å²) in [6.07, 6.45) is 5.34. The summed E-state index contributed by atoms with van der Waals surface area (Å²) in [6.45, 7) is 3.10. The summed E-state index contributed by atoms with van der Waals surface area (Å²) in [6, 6.07) is 6.81. The van der Waals surface area contributed by atoms with Crippen molar-refractivity contribution < 1.29 is 13.2 Å². The molecule has 118 valence electrons. The number of nitrogens with zero attached hydrogens (tertiary/aromatic N) is 2. The standard InChI is InChI=1S/C15H19N3O3S/c1-3-9-21-14-7-6-12(10-17-14)11-18-15-13(22(2,19)20)5-4-8-16-15/h4-8,10H,3,9,11H2,1-2H3,(H,16,18). The van der Waals surface area contributed by atoms with Crippen LogP contribution in [0.4, 0.5) is 5.82 Å². The van der Waals surface area contributed by atoms with Crippen LogP contribution in [0.5, 0.6) is 5.88 Å². The number of pyridine rings is 2. The third-order valence-electron chi connectivity index (χ3n) is 2.88. The van der Waals surface area contributed by atoms with E-state index in [1.165, 1.54) is 6.07 Å². The molecule has 2 aromatic heterocycles. The first kappa shape index (κ1) is 16.2. The predicted molar refractivity (Wildman–Crippen MR) is 84.7 cm³/mol. The average molecular weight is 321 g/mol. The van der Waals surface area contributed by atoms with Gasteiger partial charge in [0.25, 0.3) is 0 Å². The molecule has 0 saturated carbocycles. The van der Waals surface area contributed by atoms with Crippen LogP contribution < -0.4 is 10.1 Å². The van der Waals surface area contributed by atoms with E-state index in [1.807, 2.05) is 13.0 Å². The molecule has 0 amide bonds. The molecule has 2 rings (SSSR count). The van der Waals surface area contributed by atoms with Gasteiger partial charge in [-0.25, -0.2) is 18.4 Å². The number of sulfone groups is 1. The number of rotatable bonds is 7. The average Bonchev–Trinajstić information content (AvgIpc) is 2.51. The Balaban J connectivity index is 2.05. The van der Waals surface area contributed by atoms with Crippen LogP contribution in [0.25, 0.3) is 0 Å². The van der Waals surface area contributed by atoms with Crippen LogP contribution in [0.2, 0.25) is 0 Å². The Bertz CT molecular complexity index is 715. The summed E-state index contributed by atoms with van der Waals surface area (Å²) in [5.41, 5.74) is 0.911. The fourth-order valence-electron chi connectivity index (χ4n) is 1.82. The summed E-state index contributed by atoms with van der Waals surface area (Å²) in [4.78, 5) is 8.47. The van der Waals surface area contributed by atoms with Gasteiger partial charge in [0, 0.05) is 31.3 Å². The fourth-order valence-corrected chi connectivity index (χ4v) is 2.62. The molecule has 1 N–H and O–H groups in total. The van der Waals surface area contributed by atoms with Gasteiger partial charge in [-0.1, -0.05) is 13.0 Å². The molecule has 0 aromatic carbocycles. The smallest absolute Gasteiger partial charge is 0.213 e. The van der Waals surface area contributed by atoms with E-state index < -0.39 is 9.84 Å². The Morgan fingerprint density at radius 2 is 2.05 bits per heavy atom. The molecule has 0 aliphatic carbocycles. The summed E-state index contributed by atoms with van der Waals surface area (Å²) < 4.78 is 28.8. The Hall–Kier alpha value is -2.15. The second-order valence-corrected chi connectivity index (χ2v) is 6.81. The summed E-state index contributed by atoms with van der Waals surface area (Å²) in [5, 5.41) is 3.03. The molecule has 22 heavy (non-hydrogen) atoms. The van der Waals surface area contributed by atoms with E-state index in [0.29, 0.717) is 24.8 Å². The Kier molecular flexibility index (Phi) is 5.32. The van der Waals surface area contributed by atoms with Crippen molar-refractivity contribution in [2.75, 3.05) is 18.2 Å². The molecule has 0 aliphatic heterocycles. The van der Waals surface area contributed by atoms with Crippen molar-refractivity contribution in [3.63, 3.8) is 0 Å². The molecule has 0 aliphatic rings. The number of aromatic nitrogens is 2. The molecule has 7 heteroatoms. The first-order valence-electron chi connectivity index (χ1n) is 6.97. The van der Waals surface area contributed by atoms with Crippen LogP contribution in [0.15, 0.2) is 41.6 Å². The van der Waals surface area contributed by atoms with Crippen LogP contribution in [0.1, 0.15) is 18.9 Å². The van der Waals surface area contributed by atoms with Crippen molar-refractivity contribution in [2.45, 2.75) is 24.8 Å². The number of nitrogens with one attached hydrogen (secondary N) is 1. The van der Waals surface area contributed by atoms with Crippen molar-refractivity contribution in [1.29, 1.82) is 0 Å². The summed E-state index contributed by atoms with van der Waals surface area (Å²) in [5.74, 6) is 0.927. The van der Waals surface area contributed by atoms with Crippen LogP contribution in [-0.4, -0.2) is 31.2 Å². The van der Waals surface area contributed by atoms with E-state index in [2.05, 4.69) is 15.3 Å². The van der Waals surface area contributed by atoms with Gasteiger partial charge >= 0.3 is 0 Å². The zero-order valence-electron chi connectivity index (χ0n) is 12.6. The zero-order valence-corrected chi connectivity index (χ0v) is 13.4. The van der Waals surface area contributed by atoms with Gasteiger partial charge in [-0.15, -0.1) is 0 Å². The lowest BCUT2D eigenvalue weighted by molar-refractivity contribution is 0.305. The quantitative estimate of drug-likeness (QED) is 0.842. The fraction of sp³-hybridized carbons (Fsp3) is 0.333. The van der Waals surface area contributed by atoms with Crippen molar-refractivity contribution in [2.24, 2.45) is 0 Å². The minimum Gasteiger partial charge on any atom is -0.478 e. The molecule has 0 bridgehead atoms. The van der Waals surface area contributed by atoms with Crippen molar-refractivity contribution in [1.82, 2.24) is 9.97 Å². The summed E-state index contributed by atoms with van der Waals surface area (Å²) >= 11 is 0. The molecule has 0 atom stereocenters. The third-order valence-corrected chi connectivity index (χ3v) is 4.01. The maximum Gasteiger partial charge on any atom is 0.213 e. The van der Waals surface area contributed by atoms with Crippen LogP contribution in [0, 0.1) is 0 Å². The van der Waals surface area contributed by atoms with Gasteiger partial charge in [0.15, 0.2) is 9.84 Å². The summed E-state index contributed by atoms with van der Waals surface area (Å²) in [7, 11) is -3.32. The Labute approximate surface area is 130 Å². The molecule has 2 heterocycles. The second kappa shape index (κ2) is 7.22. The Morgan fingerprint density at radius 3 is 2.68 bits per heavy atom. The van der Waals surface area contributed by atoms with Crippen molar-refractivity contribution in [3.8, 4) is 5.88 Å². The maximum absolute atomic E-state index is 11.7. The number of anilines is 1. The molecule has 0 radical (unpaired) electrons. The molecule has 0 fully saturated rings. The zero-order chi connectivity index (χ0) is 16.0. The minimum atomic E-state index is -3.32. The lowest BCUT2D eigenvalue weighted by Crippen LogP contribution is -2.08. The largest absolute Gasteiger partial charge is 0.478 e. The SMILES string of the molecule is CCCOc1ccc(CNc2ncccc2S(C)(=O)=O)cn1. The topological polar surface area (TPSA) is 81.2 Å². The maximum atomic E-state index is 11.7. The van der Waals surface area contributed by atoms with Crippen LogP contribution in [0.3, 0.4) is 0 Å². The molecule has 6 nitrogen and oxygen atoms in total. The van der Waals surface area contributed by atoms with E-state index in [1.54, 1.807) is 24.5 Å². The second-order valence-electron chi connectivity index (χ2n) is 4.83.